The fraction of sp³-hybridized carbons (Fsp3) is 0.130. The Balaban J connectivity index is 1.40. The van der Waals surface area contributed by atoms with Gasteiger partial charge in [-0.05, 0) is 34.4 Å². The Hall–Kier alpha value is -3.60. The molecule has 1 aliphatic carbocycles. The quantitative estimate of drug-likeness (QED) is 0.728. The summed E-state index contributed by atoms with van der Waals surface area (Å²) in [5.74, 6) is -0.239. The molecule has 3 aromatic carbocycles. The van der Waals surface area contributed by atoms with Gasteiger partial charge < -0.3 is 10.1 Å². The summed E-state index contributed by atoms with van der Waals surface area (Å²) in [6.45, 7) is 0.181. The first-order valence-corrected chi connectivity index (χ1v) is 9.24. The van der Waals surface area contributed by atoms with Gasteiger partial charge in [0.2, 0.25) is 5.91 Å². The van der Waals surface area contributed by atoms with Crippen LogP contribution in [0, 0.1) is 0 Å². The predicted molar refractivity (Wildman–Crippen MR) is 107 cm³/mol. The third kappa shape index (κ3) is 2.63. The molecule has 0 spiro atoms. The summed E-state index contributed by atoms with van der Waals surface area (Å²) < 4.78 is 5.69. The van der Waals surface area contributed by atoms with E-state index in [1.165, 1.54) is 16.0 Å². The molecule has 5 nitrogen and oxygen atoms in total. The standard InChI is InChI=1S/C23H18N2O3/c26-22-13-25(21-12-6-5-11-20(21)24-22)23(27)28-14-19-17-9-3-1-7-15(17)16-8-2-4-10-18(16)19/h1-12,19H,13-14H2,(H,24,26). The highest BCUT2D eigenvalue weighted by Gasteiger charge is 2.32. The first-order chi connectivity index (χ1) is 13.7. The molecule has 2 amide bonds. The van der Waals surface area contributed by atoms with Gasteiger partial charge in [-0.25, -0.2) is 4.79 Å². The predicted octanol–water partition coefficient (Wildman–Crippen LogP) is 4.39. The van der Waals surface area contributed by atoms with Crippen molar-refractivity contribution in [3.63, 3.8) is 0 Å². The van der Waals surface area contributed by atoms with E-state index in [2.05, 4.69) is 29.6 Å². The number of rotatable bonds is 2. The van der Waals surface area contributed by atoms with Crippen molar-refractivity contribution >= 4 is 23.4 Å². The van der Waals surface area contributed by atoms with Gasteiger partial charge in [-0.1, -0.05) is 60.7 Å². The molecule has 1 heterocycles. The summed E-state index contributed by atoms with van der Waals surface area (Å²) in [5, 5.41) is 2.78. The van der Waals surface area contributed by atoms with E-state index >= 15 is 0 Å². The number of carbonyl (C=O) groups excluding carboxylic acids is 2. The SMILES string of the molecule is O=C1CN(C(=O)OCC2c3ccccc3-c3ccccc32)c2ccccc2N1. The smallest absolute Gasteiger partial charge is 0.414 e. The molecule has 3 aromatic rings. The van der Waals surface area contributed by atoms with Crippen LogP contribution in [0.1, 0.15) is 17.0 Å². The number of nitrogens with one attached hydrogen (secondary N) is 1. The maximum Gasteiger partial charge on any atom is 0.414 e. The largest absolute Gasteiger partial charge is 0.448 e. The van der Waals surface area contributed by atoms with Crippen LogP contribution < -0.4 is 10.2 Å². The second kappa shape index (κ2) is 6.53. The highest BCUT2D eigenvalue weighted by molar-refractivity contribution is 6.08. The third-order valence-corrected chi connectivity index (χ3v) is 5.33. The molecule has 2 aliphatic rings. The number of hydrogen-bond donors (Lipinski definition) is 1. The first kappa shape index (κ1) is 16.6. The average molecular weight is 370 g/mol. The number of anilines is 2. The molecule has 0 fully saturated rings. The maximum atomic E-state index is 12.8. The molecular weight excluding hydrogens is 352 g/mol. The molecule has 28 heavy (non-hydrogen) atoms. The van der Waals surface area contributed by atoms with Crippen molar-refractivity contribution in [2.24, 2.45) is 0 Å². The highest BCUT2D eigenvalue weighted by atomic mass is 16.6. The molecule has 0 unspecified atom stereocenters. The van der Waals surface area contributed by atoms with Crippen LogP contribution >= 0.6 is 0 Å². The van der Waals surface area contributed by atoms with Crippen molar-refractivity contribution in [3.8, 4) is 11.1 Å². The van der Waals surface area contributed by atoms with Crippen LogP contribution in [0.5, 0.6) is 0 Å². The molecule has 0 aromatic heterocycles. The maximum absolute atomic E-state index is 12.8. The molecule has 0 bridgehead atoms. The van der Waals surface area contributed by atoms with Crippen molar-refractivity contribution in [1.29, 1.82) is 0 Å². The van der Waals surface area contributed by atoms with Crippen LogP contribution in [0.15, 0.2) is 72.8 Å². The van der Waals surface area contributed by atoms with E-state index in [1.807, 2.05) is 36.4 Å². The van der Waals surface area contributed by atoms with Crippen molar-refractivity contribution in [3.05, 3.63) is 83.9 Å². The van der Waals surface area contributed by atoms with Crippen LogP contribution in [-0.2, 0) is 9.53 Å². The number of benzene rings is 3. The molecule has 0 atom stereocenters. The summed E-state index contributed by atoms with van der Waals surface area (Å²) in [4.78, 5) is 26.2. The lowest BCUT2D eigenvalue weighted by Gasteiger charge is -2.28. The van der Waals surface area contributed by atoms with E-state index in [9.17, 15) is 9.59 Å². The second-order valence-corrected chi connectivity index (χ2v) is 6.96. The minimum atomic E-state index is -0.510. The lowest BCUT2D eigenvalue weighted by atomic mass is 9.98. The molecule has 138 valence electrons. The number of hydrogen-bond acceptors (Lipinski definition) is 3. The van der Waals surface area contributed by atoms with Gasteiger partial charge in [0.05, 0.1) is 11.4 Å². The van der Waals surface area contributed by atoms with E-state index in [1.54, 1.807) is 12.1 Å². The van der Waals surface area contributed by atoms with E-state index in [-0.39, 0.29) is 25.0 Å². The van der Waals surface area contributed by atoms with Crippen LogP contribution in [0.3, 0.4) is 0 Å². The van der Waals surface area contributed by atoms with Gasteiger partial charge in [-0.3, -0.25) is 9.69 Å². The van der Waals surface area contributed by atoms with Crippen molar-refractivity contribution in [2.45, 2.75) is 5.92 Å². The number of para-hydroxylation sites is 2. The molecule has 0 radical (unpaired) electrons. The zero-order valence-corrected chi connectivity index (χ0v) is 15.1. The number of carbonyl (C=O) groups is 2. The van der Waals surface area contributed by atoms with E-state index in [0.29, 0.717) is 11.4 Å². The molecule has 5 rings (SSSR count). The monoisotopic (exact) mass is 370 g/mol. The van der Waals surface area contributed by atoms with Crippen LogP contribution in [0.4, 0.5) is 16.2 Å². The van der Waals surface area contributed by atoms with Crippen molar-refractivity contribution < 1.29 is 14.3 Å². The van der Waals surface area contributed by atoms with Crippen molar-refractivity contribution in [1.82, 2.24) is 0 Å². The Morgan fingerprint density at radius 1 is 0.929 bits per heavy atom. The van der Waals surface area contributed by atoms with Gasteiger partial charge in [0.1, 0.15) is 13.2 Å². The summed E-state index contributed by atoms with van der Waals surface area (Å²) >= 11 is 0. The molecule has 0 saturated heterocycles. The Morgan fingerprint density at radius 2 is 1.54 bits per heavy atom. The van der Waals surface area contributed by atoms with Gasteiger partial charge in [0, 0.05) is 5.92 Å². The van der Waals surface area contributed by atoms with Crippen molar-refractivity contribution in [2.75, 3.05) is 23.4 Å². The Bertz CT molecular complexity index is 1050. The Labute approximate surface area is 162 Å². The molecule has 1 N–H and O–H groups in total. The zero-order valence-electron chi connectivity index (χ0n) is 15.1. The minimum absolute atomic E-state index is 0.00906. The molecule has 1 aliphatic heterocycles. The zero-order chi connectivity index (χ0) is 19.1. The summed E-state index contributed by atoms with van der Waals surface area (Å²) in [5.41, 5.74) is 5.96. The van der Waals surface area contributed by atoms with Crippen LogP contribution in [0.2, 0.25) is 0 Å². The molecule has 0 saturated carbocycles. The van der Waals surface area contributed by atoms with E-state index < -0.39 is 6.09 Å². The number of amides is 2. The lowest BCUT2D eigenvalue weighted by molar-refractivity contribution is -0.115. The van der Waals surface area contributed by atoms with E-state index in [4.69, 9.17) is 4.74 Å². The normalized spacial score (nSPS) is 14.7. The third-order valence-electron chi connectivity index (χ3n) is 5.33. The molecule has 5 heteroatoms. The Morgan fingerprint density at radius 3 is 2.25 bits per heavy atom. The van der Waals surface area contributed by atoms with Gasteiger partial charge in [0.25, 0.3) is 0 Å². The lowest BCUT2D eigenvalue weighted by Crippen LogP contribution is -2.42. The van der Waals surface area contributed by atoms with E-state index in [0.717, 1.165) is 11.1 Å². The summed E-state index contributed by atoms with van der Waals surface area (Å²) in [6.07, 6.45) is -0.510. The first-order valence-electron chi connectivity index (χ1n) is 9.24. The van der Waals surface area contributed by atoms with Gasteiger partial charge in [-0.15, -0.1) is 0 Å². The highest BCUT2D eigenvalue weighted by Crippen LogP contribution is 2.44. The second-order valence-electron chi connectivity index (χ2n) is 6.96. The minimum Gasteiger partial charge on any atom is -0.448 e. The van der Waals surface area contributed by atoms with Gasteiger partial charge in [-0.2, -0.15) is 0 Å². The number of nitrogens with zero attached hydrogens (tertiary/aromatic N) is 1. The number of fused-ring (bicyclic) bond motifs is 4. The van der Waals surface area contributed by atoms with Crippen LogP contribution in [0.25, 0.3) is 11.1 Å². The fourth-order valence-electron chi connectivity index (χ4n) is 4.07. The topological polar surface area (TPSA) is 58.6 Å². The fourth-order valence-corrected chi connectivity index (χ4v) is 4.07. The van der Waals surface area contributed by atoms with Gasteiger partial charge in [0.15, 0.2) is 0 Å². The molecular formula is C23H18N2O3. The summed E-state index contributed by atoms with van der Waals surface area (Å²) in [6, 6.07) is 23.6. The average Bonchev–Trinajstić information content (AvgIpc) is 3.05. The Kier molecular flexibility index (Phi) is 3.86. The number of ether oxygens (including phenoxy) is 1. The summed E-state index contributed by atoms with van der Waals surface area (Å²) in [7, 11) is 0. The van der Waals surface area contributed by atoms with Crippen LogP contribution in [-0.4, -0.2) is 25.2 Å². The van der Waals surface area contributed by atoms with Gasteiger partial charge >= 0.3 is 6.09 Å².